The molecular formula is C12H23N5O. The molecule has 0 aliphatic heterocycles. The van der Waals surface area contributed by atoms with Crippen LogP contribution in [-0.2, 0) is 11.3 Å². The predicted octanol–water partition coefficient (Wildman–Crippen LogP) is 1.15. The molecule has 1 aliphatic carbocycles. The fourth-order valence-corrected chi connectivity index (χ4v) is 2.60. The first-order valence-electron chi connectivity index (χ1n) is 6.64. The number of rotatable bonds is 7. The first-order valence-corrected chi connectivity index (χ1v) is 6.64. The van der Waals surface area contributed by atoms with E-state index in [0.717, 1.165) is 37.9 Å². The fourth-order valence-electron chi connectivity index (χ4n) is 2.60. The highest BCUT2D eigenvalue weighted by Crippen LogP contribution is 2.41. The number of hydrogen-bond donors (Lipinski definition) is 2. The van der Waals surface area contributed by atoms with E-state index in [1.54, 1.807) is 13.3 Å². The van der Waals surface area contributed by atoms with Gasteiger partial charge in [0.25, 0.3) is 0 Å². The molecule has 1 unspecified atom stereocenters. The van der Waals surface area contributed by atoms with Crippen LogP contribution in [0.1, 0.15) is 50.8 Å². The van der Waals surface area contributed by atoms with Crippen LogP contribution in [0.15, 0.2) is 6.20 Å². The average Bonchev–Trinajstić information content (AvgIpc) is 2.78. The van der Waals surface area contributed by atoms with Gasteiger partial charge in [0.15, 0.2) is 0 Å². The molecule has 1 atom stereocenters. The largest absolute Gasteiger partial charge is 0.378 e. The third-order valence-electron chi connectivity index (χ3n) is 3.92. The number of hydrogen-bond acceptors (Lipinski definition) is 5. The third kappa shape index (κ3) is 2.55. The van der Waals surface area contributed by atoms with E-state index in [2.05, 4.69) is 22.7 Å². The van der Waals surface area contributed by atoms with Gasteiger partial charge in [0.2, 0.25) is 0 Å². The Bertz CT molecular complexity index is 369. The van der Waals surface area contributed by atoms with E-state index in [1.807, 2.05) is 4.68 Å². The highest BCUT2D eigenvalue weighted by Gasteiger charge is 2.39. The van der Waals surface area contributed by atoms with Gasteiger partial charge in [0.1, 0.15) is 0 Å². The summed E-state index contributed by atoms with van der Waals surface area (Å²) in [6.07, 6.45) is 7.15. The van der Waals surface area contributed by atoms with E-state index in [4.69, 9.17) is 10.6 Å². The van der Waals surface area contributed by atoms with Crippen molar-refractivity contribution < 1.29 is 4.74 Å². The van der Waals surface area contributed by atoms with E-state index >= 15 is 0 Å². The number of nitrogens with one attached hydrogen (secondary N) is 1. The van der Waals surface area contributed by atoms with Crippen LogP contribution in [0.4, 0.5) is 0 Å². The van der Waals surface area contributed by atoms with E-state index in [-0.39, 0.29) is 11.6 Å². The van der Waals surface area contributed by atoms with Crippen LogP contribution in [0.25, 0.3) is 0 Å². The molecule has 0 saturated heterocycles. The normalized spacial score (nSPS) is 19.5. The first kappa shape index (κ1) is 13.5. The Morgan fingerprint density at radius 3 is 2.89 bits per heavy atom. The second-order valence-corrected chi connectivity index (χ2v) is 5.05. The zero-order valence-electron chi connectivity index (χ0n) is 11.2. The van der Waals surface area contributed by atoms with Gasteiger partial charge in [-0.15, -0.1) is 5.10 Å². The monoisotopic (exact) mass is 253 g/mol. The number of ether oxygens (including phenoxy) is 1. The van der Waals surface area contributed by atoms with Gasteiger partial charge in [0.05, 0.1) is 23.5 Å². The van der Waals surface area contributed by atoms with Crippen molar-refractivity contribution in [3.8, 4) is 0 Å². The van der Waals surface area contributed by atoms with Gasteiger partial charge in [-0.1, -0.05) is 12.1 Å². The van der Waals surface area contributed by atoms with Gasteiger partial charge in [0, 0.05) is 13.7 Å². The highest BCUT2D eigenvalue weighted by molar-refractivity contribution is 5.06. The zero-order valence-corrected chi connectivity index (χ0v) is 11.2. The molecule has 1 aromatic heterocycles. The summed E-state index contributed by atoms with van der Waals surface area (Å²) >= 11 is 0. The number of methoxy groups -OCH3 is 1. The molecular weight excluding hydrogens is 230 g/mol. The summed E-state index contributed by atoms with van der Waals surface area (Å²) in [5.41, 5.74) is 3.91. The summed E-state index contributed by atoms with van der Waals surface area (Å²) in [6, 6.07) is 0.0480. The van der Waals surface area contributed by atoms with Gasteiger partial charge < -0.3 is 4.74 Å². The molecule has 6 nitrogen and oxygen atoms in total. The summed E-state index contributed by atoms with van der Waals surface area (Å²) in [5.74, 6) is 5.70. The zero-order chi connectivity index (χ0) is 13.0. The Morgan fingerprint density at radius 1 is 1.61 bits per heavy atom. The number of nitrogens with zero attached hydrogens (tertiary/aromatic N) is 3. The van der Waals surface area contributed by atoms with Crippen molar-refractivity contribution >= 4 is 0 Å². The maximum atomic E-state index is 5.70. The first-order chi connectivity index (χ1) is 8.74. The molecule has 1 aliphatic rings. The topological polar surface area (TPSA) is 78.0 Å². The standard InChI is InChI=1S/C12H23N5O/c1-3-7-17-11(9-14-16-17)10(15-13)8-12(18-2)5-4-6-12/h9-10,15H,3-8,13H2,1-2H3. The summed E-state index contributed by atoms with van der Waals surface area (Å²) in [4.78, 5) is 0. The van der Waals surface area contributed by atoms with Gasteiger partial charge in [-0.05, 0) is 32.1 Å². The van der Waals surface area contributed by atoms with Crippen LogP contribution in [0.3, 0.4) is 0 Å². The second-order valence-electron chi connectivity index (χ2n) is 5.05. The molecule has 1 aromatic rings. The molecule has 0 bridgehead atoms. The number of aryl methyl sites for hydroxylation is 1. The lowest BCUT2D eigenvalue weighted by atomic mass is 9.75. The molecule has 0 spiro atoms. The summed E-state index contributed by atoms with van der Waals surface area (Å²) < 4.78 is 7.58. The third-order valence-corrected chi connectivity index (χ3v) is 3.92. The lowest BCUT2D eigenvalue weighted by Crippen LogP contribution is -2.44. The van der Waals surface area contributed by atoms with Crippen LogP contribution in [0.2, 0.25) is 0 Å². The Balaban J connectivity index is 2.10. The molecule has 1 saturated carbocycles. The number of nitrogens with two attached hydrogens (primary N) is 1. The van der Waals surface area contributed by atoms with Crippen molar-refractivity contribution in [2.24, 2.45) is 5.84 Å². The maximum Gasteiger partial charge on any atom is 0.0771 e. The predicted molar refractivity (Wildman–Crippen MR) is 68.6 cm³/mol. The van der Waals surface area contributed by atoms with Crippen LogP contribution < -0.4 is 11.3 Å². The second kappa shape index (κ2) is 5.77. The lowest BCUT2D eigenvalue weighted by molar-refractivity contribution is -0.0843. The number of hydrazine groups is 1. The van der Waals surface area contributed by atoms with Crippen LogP contribution in [0.5, 0.6) is 0 Å². The molecule has 0 amide bonds. The minimum absolute atomic E-state index is 0.0155. The quantitative estimate of drug-likeness (QED) is 0.563. The Labute approximate surface area is 108 Å². The van der Waals surface area contributed by atoms with Gasteiger partial charge in [-0.2, -0.15) is 0 Å². The molecule has 2 rings (SSSR count). The van der Waals surface area contributed by atoms with Gasteiger partial charge in [-0.25, -0.2) is 4.68 Å². The van der Waals surface area contributed by atoms with E-state index in [1.165, 1.54) is 6.42 Å². The van der Waals surface area contributed by atoms with E-state index in [0.29, 0.717) is 0 Å². The van der Waals surface area contributed by atoms with Crippen LogP contribution >= 0.6 is 0 Å². The highest BCUT2D eigenvalue weighted by atomic mass is 16.5. The molecule has 0 radical (unpaired) electrons. The Morgan fingerprint density at radius 2 is 2.39 bits per heavy atom. The average molecular weight is 253 g/mol. The van der Waals surface area contributed by atoms with Crippen molar-refractivity contribution in [2.45, 2.75) is 57.2 Å². The Hall–Kier alpha value is -0.980. The van der Waals surface area contributed by atoms with E-state index in [9.17, 15) is 0 Å². The van der Waals surface area contributed by atoms with Crippen molar-refractivity contribution in [3.05, 3.63) is 11.9 Å². The van der Waals surface area contributed by atoms with Crippen LogP contribution in [-0.4, -0.2) is 27.7 Å². The smallest absolute Gasteiger partial charge is 0.0771 e. The SMILES string of the molecule is CCCn1nncc1C(CC1(OC)CCC1)NN. The molecule has 18 heavy (non-hydrogen) atoms. The van der Waals surface area contributed by atoms with Gasteiger partial charge >= 0.3 is 0 Å². The summed E-state index contributed by atoms with van der Waals surface area (Å²) in [6.45, 7) is 2.99. The minimum atomic E-state index is -0.0155. The van der Waals surface area contributed by atoms with Gasteiger partial charge in [-0.3, -0.25) is 11.3 Å². The van der Waals surface area contributed by atoms with Crippen molar-refractivity contribution in [1.29, 1.82) is 0 Å². The molecule has 6 heteroatoms. The summed E-state index contributed by atoms with van der Waals surface area (Å²) in [5, 5.41) is 8.09. The minimum Gasteiger partial charge on any atom is -0.378 e. The van der Waals surface area contributed by atoms with Crippen LogP contribution in [0, 0.1) is 0 Å². The molecule has 1 heterocycles. The van der Waals surface area contributed by atoms with E-state index < -0.39 is 0 Å². The molecule has 0 aromatic carbocycles. The molecule has 1 fully saturated rings. The van der Waals surface area contributed by atoms with Crippen molar-refractivity contribution in [2.75, 3.05) is 7.11 Å². The van der Waals surface area contributed by atoms with Crippen molar-refractivity contribution in [3.63, 3.8) is 0 Å². The fraction of sp³-hybridized carbons (Fsp3) is 0.833. The maximum absolute atomic E-state index is 5.70. The Kier molecular flexibility index (Phi) is 4.31. The number of aromatic nitrogens is 3. The molecule has 102 valence electrons. The summed E-state index contributed by atoms with van der Waals surface area (Å²) in [7, 11) is 1.79. The molecule has 3 N–H and O–H groups in total. The lowest BCUT2D eigenvalue weighted by Gasteiger charge is -2.42. The van der Waals surface area contributed by atoms with Crippen molar-refractivity contribution in [1.82, 2.24) is 20.4 Å².